The molecule has 0 aliphatic carbocycles. The van der Waals surface area contributed by atoms with E-state index >= 15 is 0 Å². The van der Waals surface area contributed by atoms with Gasteiger partial charge < -0.3 is 10.1 Å². The summed E-state index contributed by atoms with van der Waals surface area (Å²) in [5.74, 6) is 1.40. The van der Waals surface area contributed by atoms with Crippen LogP contribution < -0.4 is 10.1 Å². The highest BCUT2D eigenvalue weighted by Crippen LogP contribution is 2.31. The van der Waals surface area contributed by atoms with E-state index in [0.29, 0.717) is 17.2 Å². The van der Waals surface area contributed by atoms with Crippen LogP contribution in [0.1, 0.15) is 0 Å². The Balaban J connectivity index is 1.34. The lowest BCUT2D eigenvalue weighted by atomic mass is 10.3. The van der Waals surface area contributed by atoms with Crippen LogP contribution in [-0.4, -0.2) is 21.2 Å². The quantitative estimate of drug-likeness (QED) is 0.285. The van der Waals surface area contributed by atoms with Crippen molar-refractivity contribution in [3.05, 3.63) is 109 Å². The van der Waals surface area contributed by atoms with Crippen molar-refractivity contribution in [1.82, 2.24) is 9.55 Å². The summed E-state index contributed by atoms with van der Waals surface area (Å²) < 4.78 is 8.04. The van der Waals surface area contributed by atoms with Crippen molar-refractivity contribution in [1.29, 1.82) is 0 Å². The number of hydrogen-bond acceptors (Lipinski definition) is 4. The van der Waals surface area contributed by atoms with Gasteiger partial charge in [-0.15, -0.1) is 0 Å². The van der Waals surface area contributed by atoms with Gasteiger partial charge in [-0.25, -0.2) is 4.98 Å². The first-order valence-electron chi connectivity index (χ1n) is 10.6. The van der Waals surface area contributed by atoms with Crippen LogP contribution in [0.5, 0.6) is 11.5 Å². The number of ether oxygens (including phenoxy) is 1. The van der Waals surface area contributed by atoms with Crippen LogP contribution in [0.4, 0.5) is 5.69 Å². The van der Waals surface area contributed by atoms with Crippen molar-refractivity contribution in [2.75, 3.05) is 11.1 Å². The average Bonchev–Trinajstić information content (AvgIpc) is 3.24. The maximum atomic E-state index is 12.8. The summed E-state index contributed by atoms with van der Waals surface area (Å²) in [6, 6.07) is 35.0. The Morgan fingerprint density at radius 3 is 2.30 bits per heavy atom. The number of aromatic nitrogens is 2. The fourth-order valence-corrected chi connectivity index (χ4v) is 4.35. The number of carbonyl (C=O) groups is 1. The molecule has 0 spiro atoms. The summed E-state index contributed by atoms with van der Waals surface area (Å²) in [5.41, 5.74) is 3.54. The number of carbonyl (C=O) groups excluding carboxylic acids is 1. The number of nitrogens with zero attached hydrogens (tertiary/aromatic N) is 2. The summed E-state index contributed by atoms with van der Waals surface area (Å²) in [6.45, 7) is 0. The van der Waals surface area contributed by atoms with E-state index in [2.05, 4.69) is 9.88 Å². The Kier molecular flexibility index (Phi) is 6.08. The van der Waals surface area contributed by atoms with Crippen molar-refractivity contribution < 1.29 is 9.53 Å². The van der Waals surface area contributed by atoms with Crippen LogP contribution in [0.15, 0.2) is 114 Å². The van der Waals surface area contributed by atoms with Gasteiger partial charge in [0.2, 0.25) is 5.91 Å². The standard InChI is InChI=1S/C27H21N3O2S/c31-26(28-23-16-8-10-18-25(23)32-21-13-5-2-6-14-21)19-33-27-29-22-15-7-9-17-24(22)30(27)20-11-3-1-4-12-20/h1-18H,19H2,(H,28,31). The minimum atomic E-state index is -0.129. The first kappa shape index (κ1) is 20.8. The Bertz CT molecular complexity index is 1380. The number of imidazole rings is 1. The molecule has 0 saturated carbocycles. The summed E-state index contributed by atoms with van der Waals surface area (Å²) in [4.78, 5) is 17.6. The molecule has 1 heterocycles. The number of benzene rings is 4. The molecule has 4 aromatic carbocycles. The zero-order valence-corrected chi connectivity index (χ0v) is 18.5. The normalized spacial score (nSPS) is 10.8. The summed E-state index contributed by atoms with van der Waals surface area (Å²) in [5, 5.41) is 3.74. The molecule has 0 unspecified atom stereocenters. The van der Waals surface area contributed by atoms with Crippen molar-refractivity contribution in [2.24, 2.45) is 0 Å². The molecule has 0 aliphatic rings. The first-order valence-corrected chi connectivity index (χ1v) is 11.5. The van der Waals surface area contributed by atoms with Crippen LogP contribution >= 0.6 is 11.8 Å². The van der Waals surface area contributed by atoms with Crippen molar-refractivity contribution in [2.45, 2.75) is 5.16 Å². The molecule has 1 N–H and O–H groups in total. The summed E-state index contributed by atoms with van der Waals surface area (Å²) >= 11 is 1.40. The average molecular weight is 452 g/mol. The van der Waals surface area contributed by atoms with Crippen molar-refractivity contribution in [3.8, 4) is 17.2 Å². The molecule has 1 aromatic heterocycles. The molecule has 0 aliphatic heterocycles. The van der Waals surface area contributed by atoms with Crippen molar-refractivity contribution >= 4 is 34.4 Å². The predicted octanol–water partition coefficient (Wildman–Crippen LogP) is 6.55. The number of para-hydroxylation sites is 6. The van der Waals surface area contributed by atoms with E-state index in [-0.39, 0.29) is 11.7 Å². The molecule has 162 valence electrons. The van der Waals surface area contributed by atoms with E-state index < -0.39 is 0 Å². The Morgan fingerprint density at radius 1 is 0.818 bits per heavy atom. The molecule has 0 fully saturated rings. The Labute approximate surface area is 196 Å². The number of thioether (sulfide) groups is 1. The maximum Gasteiger partial charge on any atom is 0.234 e. The number of hydrogen-bond donors (Lipinski definition) is 1. The smallest absolute Gasteiger partial charge is 0.234 e. The van der Waals surface area contributed by atoms with Crippen LogP contribution in [0, 0.1) is 0 Å². The highest BCUT2D eigenvalue weighted by molar-refractivity contribution is 7.99. The van der Waals surface area contributed by atoms with Crippen LogP contribution in [0.3, 0.4) is 0 Å². The molecule has 1 amide bonds. The van der Waals surface area contributed by atoms with Gasteiger partial charge in [0.1, 0.15) is 5.75 Å². The fourth-order valence-electron chi connectivity index (χ4n) is 3.52. The van der Waals surface area contributed by atoms with Gasteiger partial charge in [0.05, 0.1) is 22.5 Å². The monoisotopic (exact) mass is 451 g/mol. The minimum absolute atomic E-state index is 0.129. The molecule has 0 saturated heterocycles. The molecule has 6 heteroatoms. The third-order valence-electron chi connectivity index (χ3n) is 5.01. The zero-order chi connectivity index (χ0) is 22.5. The second-order valence-electron chi connectivity index (χ2n) is 7.30. The van der Waals surface area contributed by atoms with Crippen molar-refractivity contribution in [3.63, 3.8) is 0 Å². The van der Waals surface area contributed by atoms with Gasteiger partial charge in [-0.1, -0.05) is 72.4 Å². The third kappa shape index (κ3) is 4.76. The molecular formula is C27H21N3O2S. The third-order valence-corrected chi connectivity index (χ3v) is 5.95. The largest absolute Gasteiger partial charge is 0.455 e. The topological polar surface area (TPSA) is 56.2 Å². The van der Waals surface area contributed by atoms with Gasteiger partial charge in [-0.05, 0) is 48.5 Å². The van der Waals surface area contributed by atoms with Crippen LogP contribution in [0.2, 0.25) is 0 Å². The van der Waals surface area contributed by atoms with Crippen LogP contribution in [-0.2, 0) is 4.79 Å². The highest BCUT2D eigenvalue weighted by atomic mass is 32.2. The highest BCUT2D eigenvalue weighted by Gasteiger charge is 2.15. The first-order chi connectivity index (χ1) is 16.3. The Morgan fingerprint density at radius 2 is 1.48 bits per heavy atom. The number of fused-ring (bicyclic) bond motifs is 1. The molecule has 0 bridgehead atoms. The van der Waals surface area contributed by atoms with E-state index in [4.69, 9.17) is 9.72 Å². The maximum absolute atomic E-state index is 12.8. The lowest BCUT2D eigenvalue weighted by molar-refractivity contribution is -0.113. The summed E-state index contributed by atoms with van der Waals surface area (Å²) in [7, 11) is 0. The lowest BCUT2D eigenvalue weighted by Crippen LogP contribution is -2.15. The fraction of sp³-hybridized carbons (Fsp3) is 0.0370. The minimum Gasteiger partial charge on any atom is -0.455 e. The van der Waals surface area contributed by atoms with Gasteiger partial charge in [0.25, 0.3) is 0 Å². The zero-order valence-electron chi connectivity index (χ0n) is 17.7. The number of nitrogens with one attached hydrogen (secondary N) is 1. The van der Waals surface area contributed by atoms with E-state index in [1.165, 1.54) is 11.8 Å². The number of anilines is 1. The summed E-state index contributed by atoms with van der Waals surface area (Å²) in [6.07, 6.45) is 0. The number of amides is 1. The van der Waals surface area contributed by atoms with Crippen LogP contribution in [0.25, 0.3) is 16.7 Å². The molecule has 5 rings (SSSR count). The molecular weight excluding hydrogens is 430 g/mol. The molecule has 5 aromatic rings. The van der Waals surface area contributed by atoms with E-state index in [9.17, 15) is 4.79 Å². The second kappa shape index (κ2) is 9.63. The van der Waals surface area contributed by atoms with Gasteiger partial charge in [0.15, 0.2) is 10.9 Å². The van der Waals surface area contributed by atoms with E-state index in [1.54, 1.807) is 0 Å². The van der Waals surface area contributed by atoms with E-state index in [1.807, 2.05) is 109 Å². The molecule has 33 heavy (non-hydrogen) atoms. The second-order valence-corrected chi connectivity index (χ2v) is 8.24. The number of rotatable bonds is 7. The molecule has 0 radical (unpaired) electrons. The molecule has 0 atom stereocenters. The SMILES string of the molecule is O=C(CSc1nc2ccccc2n1-c1ccccc1)Nc1ccccc1Oc1ccccc1. The van der Waals surface area contributed by atoms with Gasteiger partial charge in [0, 0.05) is 5.69 Å². The lowest BCUT2D eigenvalue weighted by Gasteiger charge is -2.12. The van der Waals surface area contributed by atoms with E-state index in [0.717, 1.165) is 21.9 Å². The van der Waals surface area contributed by atoms with Gasteiger partial charge in [-0.2, -0.15) is 0 Å². The molecule has 5 nitrogen and oxygen atoms in total. The Hall–Kier alpha value is -4.03. The predicted molar refractivity (Wildman–Crippen MR) is 133 cm³/mol. The van der Waals surface area contributed by atoms with Gasteiger partial charge >= 0.3 is 0 Å². The van der Waals surface area contributed by atoms with Gasteiger partial charge in [-0.3, -0.25) is 9.36 Å².